The average Bonchev–Trinajstić information content (AvgIpc) is 3.28. The number of sulfone groups is 1. The van der Waals surface area contributed by atoms with Crippen molar-refractivity contribution < 1.29 is 17.9 Å². The number of rotatable bonds is 3. The Labute approximate surface area is 160 Å². The summed E-state index contributed by atoms with van der Waals surface area (Å²) in [5.74, 6) is -0.0510. The van der Waals surface area contributed by atoms with Crippen molar-refractivity contribution in [1.82, 2.24) is 20.0 Å². The van der Waals surface area contributed by atoms with Gasteiger partial charge in [-0.25, -0.2) is 13.2 Å². The molecule has 0 bridgehead atoms. The van der Waals surface area contributed by atoms with E-state index in [1.54, 1.807) is 12.0 Å². The SMILES string of the molecule is CO[C@@H]1CS(=O)(=O)[C@H]2CN(C(=O)NC3CCc4cnn(C(C)C)c4C3)C[C@@H]12. The van der Waals surface area contributed by atoms with Gasteiger partial charge in [0, 0.05) is 50.3 Å². The fourth-order valence-electron chi connectivity index (χ4n) is 4.78. The highest BCUT2D eigenvalue weighted by molar-refractivity contribution is 7.92. The lowest BCUT2D eigenvalue weighted by Gasteiger charge is -2.28. The third-order valence-corrected chi connectivity index (χ3v) is 8.45. The molecule has 2 amide bonds. The zero-order chi connectivity index (χ0) is 19.3. The van der Waals surface area contributed by atoms with Crippen molar-refractivity contribution in [2.45, 2.75) is 56.5 Å². The predicted octanol–water partition coefficient (Wildman–Crippen LogP) is 0.775. The van der Waals surface area contributed by atoms with E-state index in [0.29, 0.717) is 6.54 Å². The van der Waals surface area contributed by atoms with Crippen LogP contribution in [0, 0.1) is 5.92 Å². The van der Waals surface area contributed by atoms with Gasteiger partial charge in [-0.15, -0.1) is 0 Å². The Morgan fingerprint density at radius 1 is 1.37 bits per heavy atom. The fourth-order valence-corrected chi connectivity index (χ4v) is 7.07. The zero-order valence-corrected chi connectivity index (χ0v) is 16.9. The molecule has 8 nitrogen and oxygen atoms in total. The van der Waals surface area contributed by atoms with Crippen LogP contribution in [0.25, 0.3) is 0 Å². The van der Waals surface area contributed by atoms with E-state index in [0.717, 1.165) is 19.3 Å². The molecule has 1 N–H and O–H groups in total. The van der Waals surface area contributed by atoms with Gasteiger partial charge in [-0.1, -0.05) is 0 Å². The maximum atomic E-state index is 12.8. The van der Waals surface area contributed by atoms with Crippen LogP contribution in [0.15, 0.2) is 6.20 Å². The molecule has 0 aromatic carbocycles. The van der Waals surface area contributed by atoms with Gasteiger partial charge in [0.05, 0.1) is 23.3 Å². The van der Waals surface area contributed by atoms with Gasteiger partial charge in [0.1, 0.15) is 0 Å². The largest absolute Gasteiger partial charge is 0.380 e. The second kappa shape index (κ2) is 6.77. The summed E-state index contributed by atoms with van der Waals surface area (Å²) in [6.45, 7) is 4.91. The Morgan fingerprint density at radius 2 is 2.15 bits per heavy atom. The maximum absolute atomic E-state index is 12.8. The number of methoxy groups -OCH3 is 1. The van der Waals surface area contributed by atoms with Crippen LogP contribution < -0.4 is 5.32 Å². The van der Waals surface area contributed by atoms with Crippen molar-refractivity contribution in [2.24, 2.45) is 5.92 Å². The first-order valence-corrected chi connectivity index (χ1v) is 11.4. The van der Waals surface area contributed by atoms with Gasteiger partial charge < -0.3 is 15.0 Å². The molecular formula is C18H28N4O4S. The second-order valence-electron chi connectivity index (χ2n) is 8.26. The van der Waals surface area contributed by atoms with Crippen molar-refractivity contribution in [3.8, 4) is 0 Å². The van der Waals surface area contributed by atoms with Crippen LogP contribution in [0.2, 0.25) is 0 Å². The maximum Gasteiger partial charge on any atom is 0.317 e. The molecule has 4 rings (SSSR count). The average molecular weight is 397 g/mol. The lowest BCUT2D eigenvalue weighted by Crippen LogP contribution is -2.47. The van der Waals surface area contributed by atoms with Crippen molar-refractivity contribution >= 4 is 15.9 Å². The fraction of sp³-hybridized carbons (Fsp3) is 0.778. The Kier molecular flexibility index (Phi) is 4.70. The number of carbonyl (C=O) groups excluding carboxylic acids is 1. The second-order valence-corrected chi connectivity index (χ2v) is 10.5. The Morgan fingerprint density at radius 3 is 2.85 bits per heavy atom. The molecule has 4 atom stereocenters. The number of hydrogen-bond acceptors (Lipinski definition) is 5. The lowest BCUT2D eigenvalue weighted by molar-refractivity contribution is 0.0820. The number of nitrogens with one attached hydrogen (secondary N) is 1. The smallest absolute Gasteiger partial charge is 0.317 e. The quantitative estimate of drug-likeness (QED) is 0.815. The van der Waals surface area contributed by atoms with E-state index in [9.17, 15) is 13.2 Å². The van der Waals surface area contributed by atoms with Gasteiger partial charge in [-0.05, 0) is 32.3 Å². The molecule has 3 aliphatic rings. The van der Waals surface area contributed by atoms with Gasteiger partial charge in [0.25, 0.3) is 0 Å². The monoisotopic (exact) mass is 396 g/mol. The summed E-state index contributed by atoms with van der Waals surface area (Å²) >= 11 is 0. The van der Waals surface area contributed by atoms with Crippen LogP contribution in [0.1, 0.15) is 37.6 Å². The minimum absolute atomic E-state index is 0.0504. The topological polar surface area (TPSA) is 93.5 Å². The van der Waals surface area contributed by atoms with Crippen LogP contribution >= 0.6 is 0 Å². The third kappa shape index (κ3) is 3.24. The number of fused-ring (bicyclic) bond motifs is 2. The summed E-state index contributed by atoms with van der Waals surface area (Å²) in [7, 11) is -1.65. The van der Waals surface area contributed by atoms with Crippen LogP contribution in [-0.4, -0.2) is 72.5 Å². The van der Waals surface area contributed by atoms with Gasteiger partial charge in [-0.3, -0.25) is 4.68 Å². The van der Waals surface area contributed by atoms with Crippen molar-refractivity contribution in [2.75, 3.05) is 26.0 Å². The summed E-state index contributed by atoms with van der Waals surface area (Å²) in [4.78, 5) is 14.4. The Bertz CT molecular complexity index is 834. The van der Waals surface area contributed by atoms with Gasteiger partial charge >= 0.3 is 6.03 Å². The standard InChI is InChI=1S/C18H28N4O4S/c1-11(2)22-15-6-13(5-4-12(15)7-19-22)20-18(23)21-8-14-16(26-3)10-27(24,25)17(14)9-21/h7,11,13-14,16-17H,4-6,8-10H2,1-3H3,(H,20,23)/t13?,14-,16+,17-/m0/s1. The van der Waals surface area contributed by atoms with Crippen LogP contribution in [-0.2, 0) is 27.4 Å². The third-order valence-electron chi connectivity index (χ3n) is 6.24. The highest BCUT2D eigenvalue weighted by Gasteiger charge is 2.53. The molecule has 2 fully saturated rings. The molecule has 1 aromatic heterocycles. The molecule has 0 saturated carbocycles. The molecule has 1 unspecified atom stereocenters. The van der Waals surface area contributed by atoms with Crippen LogP contribution in [0.4, 0.5) is 4.79 Å². The van der Waals surface area contributed by atoms with Crippen LogP contribution in [0.3, 0.4) is 0 Å². The number of aromatic nitrogens is 2. The van der Waals surface area contributed by atoms with Crippen molar-refractivity contribution in [3.63, 3.8) is 0 Å². The first-order chi connectivity index (χ1) is 12.8. The summed E-state index contributed by atoms with van der Waals surface area (Å²) in [5.41, 5.74) is 2.46. The highest BCUT2D eigenvalue weighted by Crippen LogP contribution is 2.35. The van der Waals surface area contributed by atoms with Gasteiger partial charge in [-0.2, -0.15) is 5.10 Å². The number of ether oxygens (including phenoxy) is 1. The Hall–Kier alpha value is -1.61. The van der Waals surface area contributed by atoms with E-state index in [4.69, 9.17) is 4.74 Å². The molecule has 1 aromatic rings. The van der Waals surface area contributed by atoms with Crippen molar-refractivity contribution in [1.29, 1.82) is 0 Å². The molecule has 0 radical (unpaired) electrons. The van der Waals surface area contributed by atoms with E-state index >= 15 is 0 Å². The number of amides is 2. The van der Waals surface area contributed by atoms with Crippen LogP contribution in [0.5, 0.6) is 0 Å². The summed E-state index contributed by atoms with van der Waals surface area (Å²) in [6, 6.07) is 0.172. The minimum atomic E-state index is -3.19. The first kappa shape index (κ1) is 18.7. The molecule has 2 saturated heterocycles. The molecule has 150 valence electrons. The number of carbonyl (C=O) groups is 1. The zero-order valence-electron chi connectivity index (χ0n) is 16.1. The van der Waals surface area contributed by atoms with E-state index in [-0.39, 0.29) is 42.4 Å². The molecule has 2 aliphatic heterocycles. The lowest BCUT2D eigenvalue weighted by atomic mass is 9.93. The number of aryl methyl sites for hydroxylation is 1. The van der Waals surface area contributed by atoms with E-state index < -0.39 is 15.1 Å². The number of likely N-dealkylation sites (tertiary alicyclic amines) is 1. The van der Waals surface area contributed by atoms with E-state index in [1.165, 1.54) is 11.3 Å². The first-order valence-electron chi connectivity index (χ1n) is 9.65. The predicted molar refractivity (Wildman–Crippen MR) is 100 cm³/mol. The van der Waals surface area contributed by atoms with Crippen molar-refractivity contribution in [3.05, 3.63) is 17.5 Å². The van der Waals surface area contributed by atoms with E-state index in [1.807, 2.05) is 10.9 Å². The highest BCUT2D eigenvalue weighted by atomic mass is 32.2. The summed E-state index contributed by atoms with van der Waals surface area (Å²) in [6.07, 6.45) is 4.17. The molecule has 0 spiro atoms. The molecule has 9 heteroatoms. The number of nitrogens with zero attached hydrogens (tertiary/aromatic N) is 3. The van der Waals surface area contributed by atoms with Gasteiger partial charge in [0.15, 0.2) is 9.84 Å². The summed E-state index contributed by atoms with van der Waals surface area (Å²) < 4.78 is 32.1. The molecule has 1 aliphatic carbocycles. The Balaban J connectivity index is 1.41. The summed E-state index contributed by atoms with van der Waals surface area (Å²) in [5, 5.41) is 7.10. The van der Waals surface area contributed by atoms with Gasteiger partial charge in [0.2, 0.25) is 0 Å². The molecule has 3 heterocycles. The minimum Gasteiger partial charge on any atom is -0.380 e. The molecule has 27 heavy (non-hydrogen) atoms. The normalized spacial score (nSPS) is 31.8. The molecular weight excluding hydrogens is 368 g/mol. The number of urea groups is 1. The number of hydrogen-bond donors (Lipinski definition) is 1. The van der Waals surface area contributed by atoms with E-state index in [2.05, 4.69) is 24.3 Å².